The van der Waals surface area contributed by atoms with E-state index in [1.807, 2.05) is 0 Å². The van der Waals surface area contributed by atoms with Crippen LogP contribution in [0, 0.1) is 5.92 Å². The fourth-order valence-electron chi connectivity index (χ4n) is 2.40. The standard InChI is InChI=1S/C12H23NO6/c1-6(2)12(11(17)18)4-8(16)10(13)9(19-12)3-7(15)5-14/h6-10,14-16H,3-5,13H2,1-2H3,(H,17,18)/t7-,8-,9-,10+,12-/m0/s1. The second-order valence-corrected chi connectivity index (χ2v) is 5.43. The first-order valence-corrected chi connectivity index (χ1v) is 6.38. The molecule has 0 radical (unpaired) electrons. The van der Waals surface area contributed by atoms with E-state index in [-0.39, 0.29) is 18.8 Å². The topological polar surface area (TPSA) is 133 Å². The molecule has 0 aromatic rings. The molecule has 0 aromatic heterocycles. The summed E-state index contributed by atoms with van der Waals surface area (Å²) in [6, 6.07) is -0.785. The van der Waals surface area contributed by atoms with Crippen LogP contribution in [0.25, 0.3) is 0 Å². The summed E-state index contributed by atoms with van der Waals surface area (Å²) in [6.07, 6.45) is -3.00. The number of hydrogen-bond donors (Lipinski definition) is 5. The van der Waals surface area contributed by atoms with Gasteiger partial charge < -0.3 is 30.9 Å². The molecule has 0 saturated carbocycles. The van der Waals surface area contributed by atoms with Crippen LogP contribution < -0.4 is 5.73 Å². The Hall–Kier alpha value is -0.730. The van der Waals surface area contributed by atoms with E-state index in [0.29, 0.717) is 0 Å². The number of carboxylic acids is 1. The maximum absolute atomic E-state index is 11.5. The van der Waals surface area contributed by atoms with Crippen molar-refractivity contribution in [1.82, 2.24) is 0 Å². The molecule has 0 aliphatic carbocycles. The van der Waals surface area contributed by atoms with Gasteiger partial charge in [-0.3, -0.25) is 0 Å². The molecule has 6 N–H and O–H groups in total. The third-order valence-corrected chi connectivity index (χ3v) is 3.76. The maximum Gasteiger partial charge on any atom is 0.336 e. The Bertz CT molecular complexity index is 323. The van der Waals surface area contributed by atoms with Crippen LogP contribution in [0.5, 0.6) is 0 Å². The first-order chi connectivity index (χ1) is 8.74. The van der Waals surface area contributed by atoms with Gasteiger partial charge in [0, 0.05) is 12.8 Å². The van der Waals surface area contributed by atoms with E-state index in [4.69, 9.17) is 15.6 Å². The van der Waals surface area contributed by atoms with Gasteiger partial charge in [-0.25, -0.2) is 4.79 Å². The molecule has 5 atom stereocenters. The molecule has 0 spiro atoms. The highest BCUT2D eigenvalue weighted by atomic mass is 16.5. The molecule has 0 bridgehead atoms. The van der Waals surface area contributed by atoms with Gasteiger partial charge in [-0.05, 0) is 5.92 Å². The summed E-state index contributed by atoms with van der Waals surface area (Å²) in [4.78, 5) is 11.5. The van der Waals surface area contributed by atoms with Crippen LogP contribution in [0.2, 0.25) is 0 Å². The van der Waals surface area contributed by atoms with Gasteiger partial charge in [-0.1, -0.05) is 13.8 Å². The summed E-state index contributed by atoms with van der Waals surface area (Å²) in [7, 11) is 0. The van der Waals surface area contributed by atoms with Crippen molar-refractivity contribution in [3.8, 4) is 0 Å². The number of ether oxygens (including phenoxy) is 1. The third kappa shape index (κ3) is 3.24. The Balaban J connectivity index is 2.96. The monoisotopic (exact) mass is 277 g/mol. The summed E-state index contributed by atoms with van der Waals surface area (Å²) in [5.41, 5.74) is 4.27. The van der Waals surface area contributed by atoms with Gasteiger partial charge in [0.25, 0.3) is 0 Å². The zero-order valence-electron chi connectivity index (χ0n) is 11.2. The lowest BCUT2D eigenvalue weighted by molar-refractivity contribution is -0.216. The van der Waals surface area contributed by atoms with Crippen molar-refractivity contribution in [2.75, 3.05) is 6.61 Å². The highest BCUT2D eigenvalue weighted by Crippen LogP contribution is 2.36. The van der Waals surface area contributed by atoms with Crippen molar-refractivity contribution < 1.29 is 30.0 Å². The minimum Gasteiger partial charge on any atom is -0.479 e. The number of aliphatic carboxylic acids is 1. The number of carboxylic acid groups (broad SMARTS) is 1. The summed E-state index contributed by atoms with van der Waals surface area (Å²) in [5.74, 6) is -1.52. The first kappa shape index (κ1) is 16.3. The van der Waals surface area contributed by atoms with Crippen molar-refractivity contribution in [2.24, 2.45) is 11.7 Å². The summed E-state index contributed by atoms with van der Waals surface area (Å²) >= 11 is 0. The van der Waals surface area contributed by atoms with Crippen molar-refractivity contribution in [1.29, 1.82) is 0 Å². The third-order valence-electron chi connectivity index (χ3n) is 3.76. The molecule has 1 aliphatic heterocycles. The Morgan fingerprint density at radius 3 is 2.53 bits per heavy atom. The average Bonchev–Trinajstić information content (AvgIpc) is 2.33. The Kier molecular flexibility index (Phi) is 5.28. The number of carbonyl (C=O) groups is 1. The summed E-state index contributed by atoms with van der Waals surface area (Å²) in [6.45, 7) is 2.92. The van der Waals surface area contributed by atoms with Gasteiger partial charge in [0.05, 0.1) is 31.0 Å². The Morgan fingerprint density at radius 2 is 2.11 bits per heavy atom. The molecule has 0 unspecified atom stereocenters. The van der Waals surface area contributed by atoms with Crippen LogP contribution in [0.3, 0.4) is 0 Å². The van der Waals surface area contributed by atoms with Crippen molar-refractivity contribution in [3.05, 3.63) is 0 Å². The lowest BCUT2D eigenvalue weighted by Gasteiger charge is -2.46. The molecule has 7 nitrogen and oxygen atoms in total. The summed E-state index contributed by atoms with van der Waals surface area (Å²) in [5, 5.41) is 37.6. The number of aliphatic hydroxyl groups excluding tert-OH is 3. The van der Waals surface area contributed by atoms with E-state index >= 15 is 0 Å². The molecule has 112 valence electrons. The lowest BCUT2D eigenvalue weighted by atomic mass is 9.78. The molecular weight excluding hydrogens is 254 g/mol. The van der Waals surface area contributed by atoms with Crippen LogP contribution in [0.15, 0.2) is 0 Å². The van der Waals surface area contributed by atoms with Crippen molar-refractivity contribution in [3.63, 3.8) is 0 Å². The van der Waals surface area contributed by atoms with Crippen molar-refractivity contribution in [2.45, 2.75) is 56.6 Å². The Labute approximate surface area is 112 Å². The normalized spacial score (nSPS) is 37.3. The zero-order chi connectivity index (χ0) is 14.8. The van der Waals surface area contributed by atoms with E-state index < -0.39 is 42.5 Å². The van der Waals surface area contributed by atoms with Crippen LogP contribution in [0.1, 0.15) is 26.7 Å². The van der Waals surface area contributed by atoms with Crippen LogP contribution in [-0.2, 0) is 9.53 Å². The maximum atomic E-state index is 11.5. The van der Waals surface area contributed by atoms with Crippen molar-refractivity contribution >= 4 is 5.97 Å². The highest BCUT2D eigenvalue weighted by molar-refractivity contribution is 5.78. The minimum absolute atomic E-state index is 0.0174. The molecular formula is C12H23NO6. The predicted octanol–water partition coefficient (Wildman–Crippen LogP) is -1.31. The number of hydrogen-bond acceptors (Lipinski definition) is 6. The average molecular weight is 277 g/mol. The SMILES string of the molecule is CC(C)[C@]1(C(=O)O)C[C@H](O)[C@@H](N)[C@H](C[C@H](O)CO)O1. The predicted molar refractivity (Wildman–Crippen MR) is 66.4 cm³/mol. The molecule has 1 rings (SSSR count). The Morgan fingerprint density at radius 1 is 1.53 bits per heavy atom. The zero-order valence-corrected chi connectivity index (χ0v) is 11.2. The van der Waals surface area contributed by atoms with Gasteiger partial charge in [-0.15, -0.1) is 0 Å². The van der Waals surface area contributed by atoms with Crippen LogP contribution >= 0.6 is 0 Å². The van der Waals surface area contributed by atoms with Gasteiger partial charge in [0.15, 0.2) is 5.60 Å². The molecule has 1 fully saturated rings. The van der Waals surface area contributed by atoms with E-state index in [9.17, 15) is 20.1 Å². The smallest absolute Gasteiger partial charge is 0.336 e. The lowest BCUT2D eigenvalue weighted by Crippen LogP contribution is -2.63. The van der Waals surface area contributed by atoms with E-state index in [1.54, 1.807) is 13.8 Å². The van der Waals surface area contributed by atoms with E-state index in [0.717, 1.165) is 0 Å². The van der Waals surface area contributed by atoms with Gasteiger partial charge in [0.2, 0.25) is 0 Å². The van der Waals surface area contributed by atoms with Crippen LogP contribution in [0.4, 0.5) is 0 Å². The molecule has 0 aromatic carbocycles. The molecule has 1 aliphatic rings. The molecule has 7 heteroatoms. The highest BCUT2D eigenvalue weighted by Gasteiger charge is 2.52. The van der Waals surface area contributed by atoms with Gasteiger partial charge in [0.1, 0.15) is 0 Å². The largest absolute Gasteiger partial charge is 0.479 e. The second kappa shape index (κ2) is 6.15. The van der Waals surface area contributed by atoms with Gasteiger partial charge >= 0.3 is 5.97 Å². The quantitative estimate of drug-likeness (QED) is 0.421. The van der Waals surface area contributed by atoms with Gasteiger partial charge in [-0.2, -0.15) is 0 Å². The molecule has 1 saturated heterocycles. The fraction of sp³-hybridized carbons (Fsp3) is 0.917. The van der Waals surface area contributed by atoms with Crippen LogP contribution in [-0.4, -0.2) is 63.0 Å². The van der Waals surface area contributed by atoms with E-state index in [1.165, 1.54) is 0 Å². The fourth-order valence-corrected chi connectivity index (χ4v) is 2.40. The first-order valence-electron chi connectivity index (χ1n) is 6.38. The van der Waals surface area contributed by atoms with E-state index in [2.05, 4.69) is 0 Å². The summed E-state index contributed by atoms with van der Waals surface area (Å²) < 4.78 is 5.60. The number of rotatable bonds is 5. The molecule has 1 heterocycles. The number of nitrogens with two attached hydrogens (primary N) is 1. The second-order valence-electron chi connectivity index (χ2n) is 5.43. The molecule has 19 heavy (non-hydrogen) atoms. The minimum atomic E-state index is -1.52. The molecule has 0 amide bonds. The number of aliphatic hydroxyl groups is 3.